The fourth-order valence-electron chi connectivity index (χ4n) is 11.4. The van der Waals surface area contributed by atoms with Gasteiger partial charge in [0.05, 0.1) is 11.0 Å². The summed E-state index contributed by atoms with van der Waals surface area (Å²) in [6, 6.07) is 55.5. The summed E-state index contributed by atoms with van der Waals surface area (Å²) < 4.78 is 11.9. The maximum atomic E-state index is 6.63. The predicted molar refractivity (Wildman–Crippen MR) is 256 cm³/mol. The van der Waals surface area contributed by atoms with Gasteiger partial charge in [0.15, 0.2) is 0 Å². The van der Waals surface area contributed by atoms with Gasteiger partial charge in [-0.15, -0.1) is 11.3 Å². The van der Waals surface area contributed by atoms with Crippen molar-refractivity contribution < 1.29 is 4.42 Å². The Balaban J connectivity index is 1.16. The highest BCUT2D eigenvalue weighted by Gasteiger charge is 2.45. The average Bonchev–Trinajstić information content (AvgIpc) is 3.97. The van der Waals surface area contributed by atoms with Crippen LogP contribution in [0.2, 0.25) is 0 Å². The summed E-state index contributed by atoms with van der Waals surface area (Å²) in [4.78, 5) is 2.66. The Morgan fingerprint density at radius 1 is 0.550 bits per heavy atom. The van der Waals surface area contributed by atoms with Gasteiger partial charge in [-0.1, -0.05) is 126 Å². The molecule has 0 saturated carbocycles. The van der Waals surface area contributed by atoms with Crippen LogP contribution in [0, 0.1) is 0 Å². The van der Waals surface area contributed by atoms with Gasteiger partial charge in [-0.05, 0) is 104 Å². The van der Waals surface area contributed by atoms with Crippen LogP contribution in [0.15, 0.2) is 150 Å². The SMILES string of the molecule is CC(C)(C)c1ccc(N2B3c4cc5c(cc4-n4c6cc7c(cc6c6ccc(c3c64)-c3cc4oc6ccccc6c4cc32)-c2ccccc2C7(C)C)sc2ccccc25)cc1. The molecule has 284 valence electrons. The normalized spacial score (nSPS) is 14.8. The highest BCUT2D eigenvalue weighted by atomic mass is 32.1. The van der Waals surface area contributed by atoms with Gasteiger partial charge in [0, 0.05) is 69.8 Å². The van der Waals surface area contributed by atoms with E-state index in [1.54, 1.807) is 0 Å². The molecule has 1 aliphatic carbocycles. The molecule has 0 atom stereocenters. The second kappa shape index (κ2) is 11.0. The Hall–Kier alpha value is -6.56. The van der Waals surface area contributed by atoms with Crippen molar-refractivity contribution >= 4 is 104 Å². The molecule has 3 aliphatic rings. The van der Waals surface area contributed by atoms with E-state index in [9.17, 15) is 0 Å². The smallest absolute Gasteiger partial charge is 0.333 e. The molecule has 5 heterocycles. The second-order valence-corrected chi connectivity index (χ2v) is 20.0. The van der Waals surface area contributed by atoms with E-state index >= 15 is 0 Å². The Morgan fingerprint density at radius 3 is 2.18 bits per heavy atom. The monoisotopic (exact) mass is 786 g/mol. The zero-order valence-electron chi connectivity index (χ0n) is 34.1. The van der Waals surface area contributed by atoms with Gasteiger partial charge in [-0.3, -0.25) is 0 Å². The summed E-state index contributed by atoms with van der Waals surface area (Å²) in [5.41, 5.74) is 20.0. The molecule has 0 spiro atoms. The number of nitrogens with zero attached hydrogens (tertiary/aromatic N) is 2. The fraction of sp³-hybridized carbons (Fsp3) is 0.127. The Kier molecular flexibility index (Phi) is 6.09. The highest BCUT2D eigenvalue weighted by molar-refractivity contribution is 7.25. The van der Waals surface area contributed by atoms with Crippen LogP contribution >= 0.6 is 11.3 Å². The molecule has 0 saturated heterocycles. The summed E-state index contributed by atoms with van der Waals surface area (Å²) in [6.45, 7) is 11.6. The molecule has 0 radical (unpaired) electrons. The van der Waals surface area contributed by atoms with Crippen molar-refractivity contribution in [2.24, 2.45) is 0 Å². The van der Waals surface area contributed by atoms with Gasteiger partial charge in [-0.2, -0.15) is 0 Å². The third-order valence-corrected chi connectivity index (χ3v) is 15.5. The van der Waals surface area contributed by atoms with Crippen molar-refractivity contribution in [3.8, 4) is 27.9 Å². The molecule has 2 aliphatic heterocycles. The van der Waals surface area contributed by atoms with E-state index in [2.05, 4.69) is 190 Å². The van der Waals surface area contributed by atoms with E-state index in [1.807, 2.05) is 11.3 Å². The number of para-hydroxylation sites is 1. The number of thiophene rings is 1. The van der Waals surface area contributed by atoms with Crippen LogP contribution in [0.5, 0.6) is 0 Å². The first kappa shape index (κ1) is 33.3. The van der Waals surface area contributed by atoms with E-state index in [0.29, 0.717) is 0 Å². The van der Waals surface area contributed by atoms with Gasteiger partial charge in [0.2, 0.25) is 0 Å². The molecule has 11 aromatic rings. The van der Waals surface area contributed by atoms with E-state index < -0.39 is 0 Å². The predicted octanol–water partition coefficient (Wildman–Crippen LogP) is 13.9. The van der Waals surface area contributed by atoms with E-state index in [1.165, 1.54) is 109 Å². The quantitative estimate of drug-likeness (QED) is 0.155. The zero-order valence-corrected chi connectivity index (χ0v) is 35.0. The molecule has 0 bridgehead atoms. The van der Waals surface area contributed by atoms with Gasteiger partial charge >= 0.3 is 6.85 Å². The molecule has 0 unspecified atom stereocenters. The molecule has 3 nitrogen and oxygen atoms in total. The number of benzene rings is 8. The van der Waals surface area contributed by atoms with E-state index in [4.69, 9.17) is 4.42 Å². The average molecular weight is 787 g/mol. The molecular formula is C55H39BN2OS. The minimum Gasteiger partial charge on any atom is -0.456 e. The topological polar surface area (TPSA) is 21.3 Å². The van der Waals surface area contributed by atoms with Crippen molar-refractivity contribution in [3.05, 3.63) is 162 Å². The third kappa shape index (κ3) is 4.07. The Bertz CT molecular complexity index is 3740. The minimum absolute atomic E-state index is 0.0400. The third-order valence-electron chi connectivity index (χ3n) is 14.3. The number of rotatable bonds is 1. The van der Waals surface area contributed by atoms with E-state index in [-0.39, 0.29) is 17.7 Å². The number of hydrogen-bond acceptors (Lipinski definition) is 3. The van der Waals surface area contributed by atoms with Crippen LogP contribution < -0.4 is 15.7 Å². The lowest BCUT2D eigenvalue weighted by Crippen LogP contribution is -2.60. The number of anilines is 2. The summed E-state index contributed by atoms with van der Waals surface area (Å²) in [6.07, 6.45) is 0. The largest absolute Gasteiger partial charge is 0.456 e. The summed E-state index contributed by atoms with van der Waals surface area (Å²) in [5, 5.41) is 7.55. The first-order chi connectivity index (χ1) is 29.1. The lowest BCUT2D eigenvalue weighted by Gasteiger charge is -2.42. The van der Waals surface area contributed by atoms with Crippen LogP contribution in [-0.2, 0) is 10.8 Å². The van der Waals surface area contributed by atoms with Gasteiger partial charge in [0.1, 0.15) is 11.2 Å². The summed E-state index contributed by atoms with van der Waals surface area (Å²) in [5.74, 6) is 0. The molecule has 5 heteroatoms. The highest BCUT2D eigenvalue weighted by Crippen LogP contribution is 2.53. The lowest BCUT2D eigenvalue weighted by atomic mass is 9.44. The Morgan fingerprint density at radius 2 is 1.33 bits per heavy atom. The molecule has 0 fully saturated rings. The first-order valence-electron chi connectivity index (χ1n) is 21.2. The lowest BCUT2D eigenvalue weighted by molar-refractivity contribution is 0.590. The number of furan rings is 1. The minimum atomic E-state index is -0.112. The van der Waals surface area contributed by atoms with Gasteiger partial charge in [-0.25, -0.2) is 0 Å². The second-order valence-electron chi connectivity index (χ2n) is 18.9. The summed E-state index contributed by atoms with van der Waals surface area (Å²) >= 11 is 1.91. The number of aromatic nitrogens is 1. The van der Waals surface area contributed by atoms with Crippen molar-refractivity contribution in [3.63, 3.8) is 0 Å². The van der Waals surface area contributed by atoms with Crippen LogP contribution in [0.1, 0.15) is 51.3 Å². The Labute approximate surface area is 352 Å². The maximum absolute atomic E-state index is 6.63. The van der Waals surface area contributed by atoms with E-state index in [0.717, 1.165) is 21.9 Å². The first-order valence-corrected chi connectivity index (χ1v) is 22.0. The fourth-order valence-corrected chi connectivity index (χ4v) is 12.5. The molecule has 14 rings (SSSR count). The molecule has 0 amide bonds. The van der Waals surface area contributed by atoms with Crippen LogP contribution in [0.4, 0.5) is 11.4 Å². The van der Waals surface area contributed by atoms with Crippen molar-refractivity contribution in [1.29, 1.82) is 0 Å². The van der Waals surface area contributed by atoms with Crippen LogP contribution in [0.25, 0.3) is 91.9 Å². The maximum Gasteiger partial charge on any atom is 0.333 e. The van der Waals surface area contributed by atoms with Crippen LogP contribution in [-0.4, -0.2) is 11.4 Å². The van der Waals surface area contributed by atoms with Crippen molar-refractivity contribution in [2.45, 2.75) is 45.4 Å². The molecule has 0 N–H and O–H groups in total. The molecular weight excluding hydrogens is 747 g/mol. The zero-order chi connectivity index (χ0) is 40.0. The van der Waals surface area contributed by atoms with Crippen molar-refractivity contribution in [1.82, 2.24) is 4.57 Å². The van der Waals surface area contributed by atoms with Crippen molar-refractivity contribution in [2.75, 3.05) is 4.81 Å². The number of hydrogen-bond donors (Lipinski definition) is 0. The molecule has 8 aromatic carbocycles. The standard InChI is InChI=1S/C55H39BN2OS/c1-54(2,3)30-18-20-31(21-19-30)58-46-26-40-33-13-7-10-16-48(33)59-49(40)27-39(46)35-22-23-36-38-24-37-32-12-6-9-15-42(32)55(4,5)43(37)28-45(38)57-47-29-51-41(34-14-8-11-17-50(34)60-51)25-44(47)56(58)52(35)53(36)57/h6-29H,1-5H3. The summed E-state index contributed by atoms with van der Waals surface area (Å²) in [7, 11) is 0. The molecule has 3 aromatic heterocycles. The molecule has 60 heavy (non-hydrogen) atoms. The number of fused-ring (bicyclic) bond motifs is 17. The van der Waals surface area contributed by atoms with Gasteiger partial charge < -0.3 is 13.8 Å². The van der Waals surface area contributed by atoms with Gasteiger partial charge in [0.25, 0.3) is 0 Å². The van der Waals surface area contributed by atoms with Crippen LogP contribution in [0.3, 0.4) is 0 Å².